The monoisotopic (exact) mass is 425 g/mol. The number of carbonyl (C=O) groups is 1. The number of carbonyl (C=O) groups excluding carboxylic acids is 1. The van der Waals surface area contributed by atoms with Gasteiger partial charge < -0.3 is 10.5 Å². The van der Waals surface area contributed by atoms with Crippen LogP contribution in [0.3, 0.4) is 0 Å². The first-order chi connectivity index (χ1) is 15.2. The molecule has 1 aliphatic heterocycles. The van der Waals surface area contributed by atoms with Crippen molar-refractivity contribution in [1.82, 2.24) is 35.6 Å². The van der Waals surface area contributed by atoms with Crippen LogP contribution in [0, 0.1) is 0 Å². The summed E-state index contributed by atoms with van der Waals surface area (Å²) in [6.07, 6.45) is 1.57. The highest BCUT2D eigenvalue weighted by Crippen LogP contribution is 2.17. The van der Waals surface area contributed by atoms with Gasteiger partial charge in [0, 0.05) is 45.3 Å². The molecule has 3 aromatic rings. The smallest absolute Gasteiger partial charge is 0.293 e. The summed E-state index contributed by atoms with van der Waals surface area (Å²) >= 11 is 0. The highest BCUT2D eigenvalue weighted by atomic mass is 16.6. The SMILES string of the molecule is COCc1c(C(=O)NN=C2CCN(Cc3ccccc3)CC2)nnn1-c1nonc1N. The maximum Gasteiger partial charge on any atom is 0.293 e. The molecule has 0 spiro atoms. The highest BCUT2D eigenvalue weighted by molar-refractivity contribution is 5.95. The van der Waals surface area contributed by atoms with E-state index in [4.69, 9.17) is 10.5 Å². The molecule has 31 heavy (non-hydrogen) atoms. The summed E-state index contributed by atoms with van der Waals surface area (Å²) < 4.78 is 11.0. The molecule has 0 radical (unpaired) electrons. The minimum absolute atomic E-state index is 0.0247. The van der Waals surface area contributed by atoms with E-state index in [1.165, 1.54) is 17.4 Å². The van der Waals surface area contributed by atoms with Crippen LogP contribution in [0.2, 0.25) is 0 Å². The largest absolute Gasteiger partial charge is 0.378 e. The number of rotatable bonds is 7. The molecule has 2 aromatic heterocycles. The molecule has 12 nitrogen and oxygen atoms in total. The fraction of sp³-hybridized carbons (Fsp3) is 0.368. The quantitative estimate of drug-likeness (QED) is 0.523. The number of amides is 1. The maximum absolute atomic E-state index is 12.7. The zero-order valence-electron chi connectivity index (χ0n) is 17.1. The Kier molecular flexibility index (Phi) is 6.29. The highest BCUT2D eigenvalue weighted by Gasteiger charge is 2.24. The van der Waals surface area contributed by atoms with Crippen LogP contribution < -0.4 is 11.2 Å². The Labute approximate surface area is 178 Å². The summed E-state index contributed by atoms with van der Waals surface area (Å²) in [6.45, 7) is 2.73. The van der Waals surface area contributed by atoms with Crippen LogP contribution in [0.4, 0.5) is 5.82 Å². The summed E-state index contributed by atoms with van der Waals surface area (Å²) in [5.74, 6) is -0.333. The number of benzene rings is 1. The van der Waals surface area contributed by atoms with Crippen molar-refractivity contribution in [3.8, 4) is 5.82 Å². The zero-order chi connectivity index (χ0) is 21.6. The van der Waals surface area contributed by atoms with Gasteiger partial charge in [0.15, 0.2) is 5.69 Å². The third-order valence-corrected chi connectivity index (χ3v) is 4.95. The second-order valence-corrected chi connectivity index (χ2v) is 7.08. The lowest BCUT2D eigenvalue weighted by molar-refractivity contribution is 0.0944. The number of likely N-dealkylation sites (tertiary alicyclic amines) is 1. The molecule has 162 valence electrons. The van der Waals surface area contributed by atoms with Gasteiger partial charge in [-0.25, -0.2) is 10.1 Å². The van der Waals surface area contributed by atoms with Crippen LogP contribution in [0.15, 0.2) is 40.1 Å². The second-order valence-electron chi connectivity index (χ2n) is 7.08. The molecule has 0 atom stereocenters. The molecule has 0 saturated carbocycles. The number of ether oxygens (including phenoxy) is 1. The number of piperidine rings is 1. The molecule has 1 aliphatic rings. The van der Waals surface area contributed by atoms with E-state index in [0.717, 1.165) is 38.2 Å². The van der Waals surface area contributed by atoms with Crippen LogP contribution in [0.1, 0.15) is 34.6 Å². The van der Waals surface area contributed by atoms with Gasteiger partial charge in [-0.1, -0.05) is 35.5 Å². The van der Waals surface area contributed by atoms with Gasteiger partial charge in [0.2, 0.25) is 11.6 Å². The number of anilines is 1. The van der Waals surface area contributed by atoms with Gasteiger partial charge in [0.25, 0.3) is 5.91 Å². The Morgan fingerprint density at radius 1 is 1.26 bits per heavy atom. The molecular formula is C19H23N9O3. The van der Waals surface area contributed by atoms with E-state index >= 15 is 0 Å². The first kappa shape index (κ1) is 20.6. The number of hydrogen-bond donors (Lipinski definition) is 2. The summed E-state index contributed by atoms with van der Waals surface area (Å²) in [7, 11) is 1.49. The molecule has 1 fully saturated rings. The molecule has 3 N–H and O–H groups in total. The Balaban J connectivity index is 1.38. The number of hydrogen-bond acceptors (Lipinski definition) is 10. The number of nitrogens with zero attached hydrogens (tertiary/aromatic N) is 7. The Bertz CT molecular complexity index is 1050. The third-order valence-electron chi connectivity index (χ3n) is 4.95. The molecule has 0 unspecified atom stereocenters. The predicted octanol–water partition coefficient (Wildman–Crippen LogP) is 0.761. The van der Waals surface area contributed by atoms with Crippen molar-refractivity contribution >= 4 is 17.4 Å². The van der Waals surface area contributed by atoms with Crippen LogP contribution >= 0.6 is 0 Å². The summed E-state index contributed by atoms with van der Waals surface area (Å²) in [4.78, 5) is 15.0. The van der Waals surface area contributed by atoms with Gasteiger partial charge in [0.1, 0.15) is 5.69 Å². The summed E-state index contributed by atoms with van der Waals surface area (Å²) in [6, 6.07) is 10.3. The fourth-order valence-corrected chi connectivity index (χ4v) is 3.36. The minimum atomic E-state index is -0.493. The number of aromatic nitrogens is 5. The molecule has 0 aliphatic carbocycles. The molecule has 0 bridgehead atoms. The number of hydrazone groups is 1. The van der Waals surface area contributed by atoms with E-state index in [9.17, 15) is 4.79 Å². The van der Waals surface area contributed by atoms with Crippen LogP contribution in [0.5, 0.6) is 0 Å². The first-order valence-electron chi connectivity index (χ1n) is 9.79. The molecule has 12 heteroatoms. The van der Waals surface area contributed by atoms with Crippen molar-refractivity contribution in [2.24, 2.45) is 5.10 Å². The lowest BCUT2D eigenvalue weighted by Crippen LogP contribution is -2.34. The standard InChI is InChI=1S/C19H23N9O3/c1-30-12-15-16(22-26-28(15)18-17(20)24-31-25-18)19(29)23-21-14-7-9-27(10-8-14)11-13-5-3-2-4-6-13/h2-6H,7-12H2,1H3,(H2,20,24)(H,23,29). The van der Waals surface area contributed by atoms with Crippen LogP contribution in [0.25, 0.3) is 5.82 Å². The summed E-state index contributed by atoms with van der Waals surface area (Å²) in [5.41, 5.74) is 10.9. The van der Waals surface area contributed by atoms with E-state index in [-0.39, 0.29) is 23.9 Å². The van der Waals surface area contributed by atoms with E-state index in [2.05, 4.69) is 52.8 Å². The van der Waals surface area contributed by atoms with Crippen molar-refractivity contribution in [1.29, 1.82) is 0 Å². The van der Waals surface area contributed by atoms with Gasteiger partial charge in [-0.15, -0.1) is 5.10 Å². The Hall–Kier alpha value is -3.64. The predicted molar refractivity (Wildman–Crippen MR) is 110 cm³/mol. The molecule has 1 saturated heterocycles. The van der Waals surface area contributed by atoms with Crippen molar-refractivity contribution in [3.05, 3.63) is 47.3 Å². The van der Waals surface area contributed by atoms with Gasteiger partial charge in [-0.05, 0) is 15.9 Å². The average molecular weight is 425 g/mol. The number of nitrogens with one attached hydrogen (secondary N) is 1. The van der Waals surface area contributed by atoms with Crippen LogP contribution in [-0.4, -0.2) is 62.0 Å². The normalized spacial score (nSPS) is 14.5. The van der Waals surface area contributed by atoms with Crippen molar-refractivity contribution in [3.63, 3.8) is 0 Å². The van der Waals surface area contributed by atoms with E-state index in [1.807, 2.05) is 18.2 Å². The number of methoxy groups -OCH3 is 1. The van der Waals surface area contributed by atoms with Gasteiger partial charge in [-0.2, -0.15) is 9.78 Å². The molecule has 3 heterocycles. The van der Waals surface area contributed by atoms with Gasteiger partial charge in [0.05, 0.1) is 6.61 Å². The zero-order valence-corrected chi connectivity index (χ0v) is 17.1. The van der Waals surface area contributed by atoms with Crippen molar-refractivity contribution in [2.75, 3.05) is 25.9 Å². The lowest BCUT2D eigenvalue weighted by Gasteiger charge is -2.27. The molecular weight excluding hydrogens is 402 g/mol. The molecule has 1 amide bonds. The third kappa shape index (κ3) is 4.75. The topological polar surface area (TPSA) is 150 Å². The summed E-state index contributed by atoms with van der Waals surface area (Å²) in [5, 5.41) is 19.4. The second kappa shape index (κ2) is 9.45. The number of nitrogen functional groups attached to an aromatic ring is 1. The van der Waals surface area contributed by atoms with Crippen molar-refractivity contribution in [2.45, 2.75) is 26.0 Å². The number of nitrogens with two attached hydrogens (primary N) is 1. The first-order valence-corrected chi connectivity index (χ1v) is 9.79. The fourth-order valence-electron chi connectivity index (χ4n) is 3.36. The van der Waals surface area contributed by atoms with E-state index in [0.29, 0.717) is 5.69 Å². The van der Waals surface area contributed by atoms with Gasteiger partial charge >= 0.3 is 0 Å². The van der Waals surface area contributed by atoms with E-state index in [1.54, 1.807) is 0 Å². The average Bonchev–Trinajstić information content (AvgIpc) is 3.40. The van der Waals surface area contributed by atoms with Gasteiger partial charge in [-0.3, -0.25) is 9.69 Å². The van der Waals surface area contributed by atoms with Crippen LogP contribution in [-0.2, 0) is 17.9 Å². The maximum atomic E-state index is 12.7. The minimum Gasteiger partial charge on any atom is -0.378 e. The van der Waals surface area contributed by atoms with Crippen molar-refractivity contribution < 1.29 is 14.2 Å². The molecule has 1 aromatic carbocycles. The lowest BCUT2D eigenvalue weighted by atomic mass is 10.1. The Morgan fingerprint density at radius 2 is 2.03 bits per heavy atom. The molecule has 4 rings (SSSR count). The Morgan fingerprint density at radius 3 is 2.71 bits per heavy atom. The van der Waals surface area contributed by atoms with E-state index < -0.39 is 5.91 Å².